The van der Waals surface area contributed by atoms with Crippen molar-refractivity contribution in [2.75, 3.05) is 0 Å². The standard InChI is InChI=1S/C16H22N2O3/c1-12(18-15(20)16(21)9-5-6-10-16)14(19)17-11-13-7-3-2-4-8-13/h2-4,7-8,12,21H,5-6,9-11H2,1H3,(H,17,19)(H,18,20). The first-order chi connectivity index (χ1) is 10.0. The third kappa shape index (κ3) is 4.04. The van der Waals surface area contributed by atoms with Crippen LogP contribution in [0.5, 0.6) is 0 Å². The summed E-state index contributed by atoms with van der Waals surface area (Å²) in [5.41, 5.74) is -0.299. The zero-order chi connectivity index (χ0) is 15.3. The molecule has 21 heavy (non-hydrogen) atoms. The predicted octanol–water partition coefficient (Wildman–Crippen LogP) is 1.11. The van der Waals surface area contributed by atoms with E-state index < -0.39 is 17.6 Å². The van der Waals surface area contributed by atoms with E-state index in [1.807, 2.05) is 30.3 Å². The molecule has 3 N–H and O–H groups in total. The van der Waals surface area contributed by atoms with E-state index >= 15 is 0 Å². The van der Waals surface area contributed by atoms with Crippen molar-refractivity contribution in [1.29, 1.82) is 0 Å². The highest BCUT2D eigenvalue weighted by Gasteiger charge is 2.39. The molecule has 1 aromatic carbocycles. The van der Waals surface area contributed by atoms with Gasteiger partial charge in [-0.2, -0.15) is 0 Å². The second kappa shape index (κ2) is 6.72. The SMILES string of the molecule is CC(NC(=O)C1(O)CCCC1)C(=O)NCc1ccccc1. The number of benzene rings is 1. The fourth-order valence-corrected chi connectivity index (χ4v) is 2.52. The van der Waals surface area contributed by atoms with Crippen molar-refractivity contribution in [3.63, 3.8) is 0 Å². The minimum absolute atomic E-state index is 0.256. The maximum absolute atomic E-state index is 12.0. The molecule has 5 nitrogen and oxygen atoms in total. The zero-order valence-electron chi connectivity index (χ0n) is 12.3. The Morgan fingerprint density at radius 1 is 1.24 bits per heavy atom. The van der Waals surface area contributed by atoms with Crippen LogP contribution in [0.3, 0.4) is 0 Å². The predicted molar refractivity (Wildman–Crippen MR) is 79.3 cm³/mol. The number of carbonyl (C=O) groups is 2. The van der Waals surface area contributed by atoms with Crippen LogP contribution in [0.15, 0.2) is 30.3 Å². The molecular formula is C16H22N2O3. The van der Waals surface area contributed by atoms with Crippen LogP contribution in [-0.2, 0) is 16.1 Å². The Kier molecular flexibility index (Phi) is 4.96. The number of carbonyl (C=O) groups excluding carboxylic acids is 2. The molecule has 0 aromatic heterocycles. The van der Waals surface area contributed by atoms with Gasteiger partial charge in [-0.3, -0.25) is 9.59 Å². The number of aliphatic hydroxyl groups is 1. The average Bonchev–Trinajstić information content (AvgIpc) is 2.94. The van der Waals surface area contributed by atoms with E-state index in [1.54, 1.807) is 6.92 Å². The Hall–Kier alpha value is -1.88. The topological polar surface area (TPSA) is 78.4 Å². The first-order valence-corrected chi connectivity index (χ1v) is 7.36. The van der Waals surface area contributed by atoms with E-state index in [-0.39, 0.29) is 5.91 Å². The molecule has 1 aliphatic rings. The third-order valence-electron chi connectivity index (χ3n) is 3.90. The first kappa shape index (κ1) is 15.5. The van der Waals surface area contributed by atoms with Crippen molar-refractivity contribution in [3.05, 3.63) is 35.9 Å². The van der Waals surface area contributed by atoms with E-state index in [0.29, 0.717) is 19.4 Å². The van der Waals surface area contributed by atoms with E-state index in [2.05, 4.69) is 10.6 Å². The fraction of sp³-hybridized carbons (Fsp3) is 0.500. The lowest BCUT2D eigenvalue weighted by atomic mass is 10.0. The van der Waals surface area contributed by atoms with Crippen LogP contribution in [-0.4, -0.2) is 28.6 Å². The van der Waals surface area contributed by atoms with Crippen molar-refractivity contribution in [2.24, 2.45) is 0 Å². The van der Waals surface area contributed by atoms with Gasteiger partial charge in [-0.05, 0) is 38.2 Å². The Bertz CT molecular complexity index is 496. The minimum Gasteiger partial charge on any atom is -0.380 e. The molecule has 0 radical (unpaired) electrons. The van der Waals surface area contributed by atoms with Crippen LogP contribution >= 0.6 is 0 Å². The normalized spacial score (nSPS) is 18.0. The van der Waals surface area contributed by atoms with Gasteiger partial charge in [0.15, 0.2) is 0 Å². The van der Waals surface area contributed by atoms with Gasteiger partial charge in [0, 0.05) is 6.54 Å². The van der Waals surface area contributed by atoms with E-state index in [4.69, 9.17) is 0 Å². The molecule has 114 valence electrons. The van der Waals surface area contributed by atoms with Crippen LogP contribution in [0.2, 0.25) is 0 Å². The molecule has 1 saturated carbocycles. The Morgan fingerprint density at radius 2 is 1.86 bits per heavy atom. The monoisotopic (exact) mass is 290 g/mol. The molecule has 1 atom stereocenters. The summed E-state index contributed by atoms with van der Waals surface area (Å²) < 4.78 is 0. The summed E-state index contributed by atoms with van der Waals surface area (Å²) in [7, 11) is 0. The van der Waals surface area contributed by atoms with Gasteiger partial charge in [-0.25, -0.2) is 0 Å². The molecular weight excluding hydrogens is 268 g/mol. The summed E-state index contributed by atoms with van der Waals surface area (Å²) in [6.45, 7) is 2.04. The van der Waals surface area contributed by atoms with Crippen molar-refractivity contribution in [1.82, 2.24) is 10.6 Å². The highest BCUT2D eigenvalue weighted by atomic mass is 16.3. The van der Waals surface area contributed by atoms with Crippen molar-refractivity contribution >= 4 is 11.8 Å². The van der Waals surface area contributed by atoms with Gasteiger partial charge in [0.2, 0.25) is 5.91 Å². The van der Waals surface area contributed by atoms with Crippen LogP contribution < -0.4 is 10.6 Å². The number of hydrogen-bond acceptors (Lipinski definition) is 3. The molecule has 1 fully saturated rings. The molecule has 5 heteroatoms. The summed E-state index contributed by atoms with van der Waals surface area (Å²) >= 11 is 0. The molecule has 0 heterocycles. The van der Waals surface area contributed by atoms with Gasteiger partial charge >= 0.3 is 0 Å². The highest BCUT2D eigenvalue weighted by molar-refractivity contribution is 5.91. The maximum Gasteiger partial charge on any atom is 0.252 e. The maximum atomic E-state index is 12.0. The molecule has 0 saturated heterocycles. The largest absolute Gasteiger partial charge is 0.380 e. The number of amides is 2. The number of nitrogens with one attached hydrogen (secondary N) is 2. The lowest BCUT2D eigenvalue weighted by Gasteiger charge is -2.23. The van der Waals surface area contributed by atoms with Gasteiger partial charge in [-0.15, -0.1) is 0 Å². The van der Waals surface area contributed by atoms with Crippen LogP contribution in [0.25, 0.3) is 0 Å². The summed E-state index contributed by atoms with van der Waals surface area (Å²) in [6, 6.07) is 8.90. The second-order valence-corrected chi connectivity index (χ2v) is 5.64. The van der Waals surface area contributed by atoms with Gasteiger partial charge in [-0.1, -0.05) is 30.3 Å². The molecule has 0 aliphatic heterocycles. The smallest absolute Gasteiger partial charge is 0.252 e. The molecule has 1 aromatic rings. The van der Waals surface area contributed by atoms with Crippen molar-refractivity contribution in [2.45, 2.75) is 50.8 Å². The van der Waals surface area contributed by atoms with Crippen LogP contribution in [0.4, 0.5) is 0 Å². The van der Waals surface area contributed by atoms with Gasteiger partial charge in [0.25, 0.3) is 5.91 Å². The van der Waals surface area contributed by atoms with Crippen molar-refractivity contribution < 1.29 is 14.7 Å². The number of rotatable bonds is 5. The third-order valence-corrected chi connectivity index (χ3v) is 3.90. The molecule has 1 aliphatic carbocycles. The van der Waals surface area contributed by atoms with Gasteiger partial charge < -0.3 is 15.7 Å². The molecule has 2 amide bonds. The van der Waals surface area contributed by atoms with Gasteiger partial charge in [0.1, 0.15) is 11.6 Å². The average molecular weight is 290 g/mol. The fourth-order valence-electron chi connectivity index (χ4n) is 2.52. The quantitative estimate of drug-likeness (QED) is 0.760. The Labute approximate surface area is 124 Å². The summed E-state index contributed by atoms with van der Waals surface area (Å²) in [4.78, 5) is 24.0. The van der Waals surface area contributed by atoms with E-state index in [0.717, 1.165) is 18.4 Å². The summed E-state index contributed by atoms with van der Waals surface area (Å²) in [6.07, 6.45) is 2.63. The Morgan fingerprint density at radius 3 is 2.48 bits per heavy atom. The summed E-state index contributed by atoms with van der Waals surface area (Å²) in [5.74, 6) is -0.698. The molecule has 2 rings (SSSR count). The van der Waals surface area contributed by atoms with E-state index in [1.165, 1.54) is 0 Å². The highest BCUT2D eigenvalue weighted by Crippen LogP contribution is 2.29. The second-order valence-electron chi connectivity index (χ2n) is 5.64. The zero-order valence-corrected chi connectivity index (χ0v) is 12.3. The minimum atomic E-state index is -1.30. The lowest BCUT2D eigenvalue weighted by Crippen LogP contribution is -2.52. The van der Waals surface area contributed by atoms with Crippen molar-refractivity contribution in [3.8, 4) is 0 Å². The van der Waals surface area contributed by atoms with Crippen LogP contribution in [0, 0.1) is 0 Å². The molecule has 0 bridgehead atoms. The van der Waals surface area contributed by atoms with Crippen LogP contribution in [0.1, 0.15) is 38.2 Å². The van der Waals surface area contributed by atoms with Gasteiger partial charge in [0.05, 0.1) is 0 Å². The summed E-state index contributed by atoms with van der Waals surface area (Å²) in [5, 5.41) is 15.5. The first-order valence-electron chi connectivity index (χ1n) is 7.36. The molecule has 1 unspecified atom stereocenters. The Balaban J connectivity index is 1.81. The van der Waals surface area contributed by atoms with E-state index in [9.17, 15) is 14.7 Å². The molecule has 0 spiro atoms. The lowest BCUT2D eigenvalue weighted by molar-refractivity contribution is -0.141. The number of hydrogen-bond donors (Lipinski definition) is 3.